The SMILES string of the molecule is CCCCCCCCCCCC(=O)Oc1ccc(C2CCc3ccc(O)cc3O2)c(OCc2ccccc2)c1. The maximum absolute atomic E-state index is 12.6. The molecule has 0 aromatic heterocycles. The zero-order chi connectivity index (χ0) is 27.3. The number of fused-ring (bicyclic) bond motifs is 1. The Bertz CT molecular complexity index is 1170. The molecule has 5 heteroatoms. The van der Waals surface area contributed by atoms with Crippen LogP contribution in [0.15, 0.2) is 66.7 Å². The third-order valence-electron chi connectivity index (χ3n) is 7.28. The van der Waals surface area contributed by atoms with Crippen molar-refractivity contribution in [1.82, 2.24) is 0 Å². The number of rotatable bonds is 15. The van der Waals surface area contributed by atoms with E-state index in [2.05, 4.69) is 6.92 Å². The molecule has 0 saturated carbocycles. The average molecular weight is 531 g/mol. The quantitative estimate of drug-likeness (QED) is 0.121. The Kier molecular flexibility index (Phi) is 11.1. The first-order valence-corrected chi connectivity index (χ1v) is 14.6. The Labute approximate surface area is 233 Å². The number of unbranched alkanes of at least 4 members (excludes halogenated alkanes) is 8. The third-order valence-corrected chi connectivity index (χ3v) is 7.28. The monoisotopic (exact) mass is 530 g/mol. The van der Waals surface area contributed by atoms with Gasteiger partial charge in [-0.05, 0) is 48.6 Å². The fourth-order valence-electron chi connectivity index (χ4n) is 5.04. The summed E-state index contributed by atoms with van der Waals surface area (Å²) < 4.78 is 18.2. The van der Waals surface area contributed by atoms with Crippen LogP contribution in [0.4, 0.5) is 0 Å². The van der Waals surface area contributed by atoms with Crippen LogP contribution in [0.2, 0.25) is 0 Å². The second-order valence-corrected chi connectivity index (χ2v) is 10.5. The number of esters is 1. The number of phenolic OH excluding ortho intramolecular Hbond substituents is 1. The van der Waals surface area contributed by atoms with Gasteiger partial charge in [0.15, 0.2) is 0 Å². The summed E-state index contributed by atoms with van der Waals surface area (Å²) in [5.41, 5.74) is 3.03. The summed E-state index contributed by atoms with van der Waals surface area (Å²) >= 11 is 0. The van der Waals surface area contributed by atoms with E-state index in [1.807, 2.05) is 48.5 Å². The van der Waals surface area contributed by atoms with Crippen LogP contribution in [-0.2, 0) is 17.8 Å². The van der Waals surface area contributed by atoms with E-state index in [4.69, 9.17) is 14.2 Å². The molecule has 1 aliphatic heterocycles. The highest BCUT2D eigenvalue weighted by atomic mass is 16.5. The van der Waals surface area contributed by atoms with Gasteiger partial charge in [-0.1, -0.05) is 94.7 Å². The Morgan fingerprint density at radius 3 is 2.41 bits per heavy atom. The van der Waals surface area contributed by atoms with Crippen LogP contribution in [0.1, 0.15) is 100 Å². The van der Waals surface area contributed by atoms with E-state index >= 15 is 0 Å². The zero-order valence-corrected chi connectivity index (χ0v) is 23.2. The largest absolute Gasteiger partial charge is 0.508 e. The van der Waals surface area contributed by atoms with Crippen LogP contribution in [0, 0.1) is 0 Å². The zero-order valence-electron chi connectivity index (χ0n) is 23.2. The lowest BCUT2D eigenvalue weighted by molar-refractivity contribution is -0.134. The van der Waals surface area contributed by atoms with Crippen molar-refractivity contribution in [2.24, 2.45) is 0 Å². The molecule has 0 aliphatic carbocycles. The summed E-state index contributed by atoms with van der Waals surface area (Å²) in [6.45, 7) is 2.64. The van der Waals surface area contributed by atoms with Gasteiger partial charge >= 0.3 is 5.97 Å². The number of aromatic hydroxyl groups is 1. The molecule has 0 fully saturated rings. The van der Waals surface area contributed by atoms with Crippen molar-refractivity contribution in [3.63, 3.8) is 0 Å². The molecule has 1 heterocycles. The molecule has 1 N–H and O–H groups in total. The summed E-state index contributed by atoms with van der Waals surface area (Å²) in [7, 11) is 0. The van der Waals surface area contributed by atoms with Crippen LogP contribution >= 0.6 is 0 Å². The van der Waals surface area contributed by atoms with Gasteiger partial charge in [-0.2, -0.15) is 0 Å². The first-order chi connectivity index (χ1) is 19.1. The minimum absolute atomic E-state index is 0.184. The van der Waals surface area contributed by atoms with E-state index in [-0.39, 0.29) is 17.8 Å². The molecule has 1 atom stereocenters. The summed E-state index contributed by atoms with van der Waals surface area (Å²) in [5, 5.41) is 9.92. The van der Waals surface area contributed by atoms with Gasteiger partial charge < -0.3 is 19.3 Å². The van der Waals surface area contributed by atoms with Gasteiger partial charge in [0.1, 0.15) is 35.7 Å². The van der Waals surface area contributed by atoms with Crippen LogP contribution in [-0.4, -0.2) is 11.1 Å². The van der Waals surface area contributed by atoms with Gasteiger partial charge in [-0.3, -0.25) is 4.79 Å². The van der Waals surface area contributed by atoms with Crippen molar-refractivity contribution in [3.05, 3.63) is 83.4 Å². The molecule has 39 heavy (non-hydrogen) atoms. The molecule has 5 nitrogen and oxygen atoms in total. The molecule has 3 aromatic rings. The molecule has 0 spiro atoms. The highest BCUT2D eigenvalue weighted by molar-refractivity contribution is 5.72. The third kappa shape index (κ3) is 9.05. The Morgan fingerprint density at radius 2 is 1.64 bits per heavy atom. The topological polar surface area (TPSA) is 65.0 Å². The maximum atomic E-state index is 12.6. The van der Waals surface area contributed by atoms with Gasteiger partial charge in [-0.15, -0.1) is 0 Å². The maximum Gasteiger partial charge on any atom is 0.311 e. The van der Waals surface area contributed by atoms with Crippen LogP contribution < -0.4 is 14.2 Å². The second kappa shape index (κ2) is 15.2. The van der Waals surface area contributed by atoms with Gasteiger partial charge in [-0.25, -0.2) is 0 Å². The molecule has 0 saturated heterocycles. The van der Waals surface area contributed by atoms with E-state index in [1.54, 1.807) is 18.2 Å². The summed E-state index contributed by atoms with van der Waals surface area (Å²) in [6.07, 6.45) is 12.7. The van der Waals surface area contributed by atoms with E-state index in [0.29, 0.717) is 30.3 Å². The fourth-order valence-corrected chi connectivity index (χ4v) is 5.04. The number of phenols is 1. The number of ether oxygens (including phenoxy) is 3. The molecular weight excluding hydrogens is 488 g/mol. The summed E-state index contributed by atoms with van der Waals surface area (Å²) in [4.78, 5) is 12.6. The smallest absolute Gasteiger partial charge is 0.311 e. The Hall–Kier alpha value is -3.47. The van der Waals surface area contributed by atoms with E-state index in [1.165, 1.54) is 44.9 Å². The van der Waals surface area contributed by atoms with Crippen molar-refractivity contribution >= 4 is 5.97 Å². The number of benzene rings is 3. The minimum atomic E-state index is -0.225. The Balaban J connectivity index is 1.35. The lowest BCUT2D eigenvalue weighted by atomic mass is 9.96. The van der Waals surface area contributed by atoms with E-state index < -0.39 is 0 Å². The summed E-state index contributed by atoms with van der Waals surface area (Å²) in [5.74, 6) is 1.79. The van der Waals surface area contributed by atoms with Crippen LogP contribution in [0.25, 0.3) is 0 Å². The van der Waals surface area contributed by atoms with Crippen molar-refractivity contribution in [1.29, 1.82) is 0 Å². The fraction of sp³-hybridized carbons (Fsp3) is 0.441. The number of hydrogen-bond acceptors (Lipinski definition) is 5. The molecular formula is C34H42O5. The molecule has 3 aromatic carbocycles. The van der Waals surface area contributed by atoms with Crippen LogP contribution in [0.5, 0.6) is 23.0 Å². The van der Waals surface area contributed by atoms with Crippen molar-refractivity contribution in [3.8, 4) is 23.0 Å². The molecule has 1 unspecified atom stereocenters. The van der Waals surface area contributed by atoms with Gasteiger partial charge in [0.2, 0.25) is 0 Å². The molecule has 0 bridgehead atoms. The van der Waals surface area contributed by atoms with Gasteiger partial charge in [0, 0.05) is 24.1 Å². The first-order valence-electron chi connectivity index (χ1n) is 14.6. The highest BCUT2D eigenvalue weighted by Crippen LogP contribution is 2.41. The number of carbonyl (C=O) groups is 1. The molecule has 208 valence electrons. The van der Waals surface area contributed by atoms with Gasteiger partial charge in [0.05, 0.1) is 0 Å². The van der Waals surface area contributed by atoms with Crippen molar-refractivity contribution in [2.75, 3.05) is 0 Å². The van der Waals surface area contributed by atoms with Crippen molar-refractivity contribution in [2.45, 2.75) is 96.7 Å². The highest BCUT2D eigenvalue weighted by Gasteiger charge is 2.25. The van der Waals surface area contributed by atoms with Crippen molar-refractivity contribution < 1.29 is 24.1 Å². The number of aryl methyl sites for hydroxylation is 1. The minimum Gasteiger partial charge on any atom is -0.508 e. The predicted molar refractivity (Wildman–Crippen MR) is 154 cm³/mol. The molecule has 0 radical (unpaired) electrons. The molecule has 0 amide bonds. The number of carbonyl (C=O) groups excluding carboxylic acids is 1. The van der Waals surface area contributed by atoms with E-state index in [9.17, 15) is 9.90 Å². The molecule has 1 aliphatic rings. The summed E-state index contributed by atoms with van der Waals surface area (Å²) in [6, 6.07) is 20.8. The number of hydrogen-bond donors (Lipinski definition) is 1. The standard InChI is InChI=1S/C34H42O5/c1-2-3-4-5-6-7-8-9-13-16-34(36)38-29-20-21-30(33(24-29)37-25-26-14-11-10-12-15-26)31-22-18-27-17-19-28(35)23-32(27)39-31/h10-12,14-15,17,19-21,23-24,31,35H,2-9,13,16,18,22,25H2,1H3. The average Bonchev–Trinajstić information content (AvgIpc) is 2.95. The lowest BCUT2D eigenvalue weighted by Crippen LogP contribution is -2.16. The van der Waals surface area contributed by atoms with Gasteiger partial charge in [0.25, 0.3) is 0 Å². The van der Waals surface area contributed by atoms with Crippen LogP contribution in [0.3, 0.4) is 0 Å². The lowest BCUT2D eigenvalue weighted by Gasteiger charge is -2.28. The Morgan fingerprint density at radius 1 is 0.897 bits per heavy atom. The molecule has 4 rings (SSSR count). The second-order valence-electron chi connectivity index (χ2n) is 10.5. The van der Waals surface area contributed by atoms with E-state index in [0.717, 1.165) is 42.4 Å². The first kappa shape index (κ1) is 28.5. The normalized spacial score (nSPS) is 14.3. The predicted octanol–water partition coefficient (Wildman–Crippen LogP) is 8.86.